The lowest BCUT2D eigenvalue weighted by molar-refractivity contribution is 0.102. The van der Waals surface area contributed by atoms with Gasteiger partial charge < -0.3 is 24.3 Å². The highest BCUT2D eigenvalue weighted by atomic mass is 16.5. The molecule has 0 fully saturated rings. The van der Waals surface area contributed by atoms with Gasteiger partial charge in [0.2, 0.25) is 0 Å². The number of carbonyl (C=O) groups excluding carboxylic acids is 1. The number of fused-ring (bicyclic) bond motifs is 1. The number of benzene rings is 1. The molecule has 114 valence electrons. The normalized spacial score (nSPS) is 10.7. The van der Waals surface area contributed by atoms with E-state index in [1.165, 1.54) is 0 Å². The molecule has 1 amide bonds. The second kappa shape index (κ2) is 5.44. The fourth-order valence-corrected chi connectivity index (χ4v) is 2.25. The minimum Gasteiger partial charge on any atom is -0.493 e. The van der Waals surface area contributed by atoms with Crippen LogP contribution in [0.2, 0.25) is 0 Å². The number of ether oxygens (including phenoxy) is 2. The van der Waals surface area contributed by atoms with Crippen molar-refractivity contribution in [2.24, 2.45) is 0 Å². The van der Waals surface area contributed by atoms with Crippen LogP contribution in [0.25, 0.3) is 10.9 Å². The van der Waals surface area contributed by atoms with E-state index in [-0.39, 0.29) is 5.91 Å². The van der Waals surface area contributed by atoms with Gasteiger partial charge in [0, 0.05) is 23.7 Å². The van der Waals surface area contributed by atoms with Gasteiger partial charge in [0.05, 0.1) is 25.3 Å². The van der Waals surface area contributed by atoms with Crippen molar-refractivity contribution >= 4 is 22.6 Å². The highest BCUT2D eigenvalue weighted by Gasteiger charge is 2.16. The number of H-pyrrole nitrogens is 1. The maximum absolute atomic E-state index is 12.4. The zero-order valence-electron chi connectivity index (χ0n) is 12.4. The number of nitrogens with one attached hydrogen (secondary N) is 2. The second-order valence-corrected chi connectivity index (χ2v) is 4.73. The van der Waals surface area contributed by atoms with Gasteiger partial charge in [-0.15, -0.1) is 0 Å². The minimum absolute atomic E-state index is 0.285. The van der Waals surface area contributed by atoms with Crippen LogP contribution in [-0.4, -0.2) is 30.3 Å². The van der Waals surface area contributed by atoms with E-state index in [0.717, 1.165) is 10.9 Å². The molecule has 0 bridgehead atoms. The third-order valence-electron chi connectivity index (χ3n) is 3.30. The Kier molecular flexibility index (Phi) is 3.46. The Morgan fingerprint density at radius 2 is 1.95 bits per heavy atom. The number of carbonyl (C=O) groups is 1. The molecule has 2 N–H and O–H groups in total. The molecular formula is C15H15N3O4. The fourth-order valence-electron chi connectivity index (χ4n) is 2.25. The predicted octanol–water partition coefficient (Wildman–Crippen LogP) is 2.73. The van der Waals surface area contributed by atoms with Gasteiger partial charge in [-0.2, -0.15) is 0 Å². The average Bonchev–Trinajstić information content (AvgIpc) is 3.11. The van der Waals surface area contributed by atoms with Gasteiger partial charge in [-0.1, -0.05) is 5.16 Å². The smallest absolute Gasteiger partial charge is 0.259 e. The Hall–Kier alpha value is -2.96. The van der Waals surface area contributed by atoms with Crippen LogP contribution in [0.4, 0.5) is 5.82 Å². The predicted molar refractivity (Wildman–Crippen MR) is 80.6 cm³/mol. The summed E-state index contributed by atoms with van der Waals surface area (Å²) >= 11 is 0. The molecule has 2 heterocycles. The largest absolute Gasteiger partial charge is 0.493 e. The quantitative estimate of drug-likeness (QED) is 0.773. The summed E-state index contributed by atoms with van der Waals surface area (Å²) in [4.78, 5) is 15.4. The number of anilines is 1. The summed E-state index contributed by atoms with van der Waals surface area (Å²) in [6.07, 6.45) is 1.63. The Labute approximate surface area is 126 Å². The molecule has 7 nitrogen and oxygen atoms in total. The molecule has 0 aliphatic heterocycles. The Balaban J connectivity index is 1.98. The van der Waals surface area contributed by atoms with Crippen molar-refractivity contribution in [3.8, 4) is 11.5 Å². The van der Waals surface area contributed by atoms with E-state index in [4.69, 9.17) is 14.0 Å². The van der Waals surface area contributed by atoms with Crippen LogP contribution in [0, 0.1) is 6.92 Å². The first kappa shape index (κ1) is 14.0. The number of hydrogen-bond donors (Lipinski definition) is 2. The molecule has 3 rings (SSSR count). The van der Waals surface area contributed by atoms with Gasteiger partial charge >= 0.3 is 0 Å². The first-order valence-corrected chi connectivity index (χ1v) is 6.60. The average molecular weight is 301 g/mol. The van der Waals surface area contributed by atoms with Crippen LogP contribution in [-0.2, 0) is 0 Å². The molecule has 0 saturated carbocycles. The third kappa shape index (κ3) is 2.37. The van der Waals surface area contributed by atoms with Crippen LogP contribution < -0.4 is 14.8 Å². The standard InChI is InChI=1S/C15H15N3O4/c1-8-4-14(18-22-8)17-15(19)10-7-16-11-6-13(21-3)12(20-2)5-9(10)11/h4-7,16H,1-3H3,(H,17,18,19). The van der Waals surface area contributed by atoms with Gasteiger partial charge in [-0.3, -0.25) is 4.79 Å². The van der Waals surface area contributed by atoms with Gasteiger partial charge in [-0.05, 0) is 13.0 Å². The van der Waals surface area contributed by atoms with E-state index >= 15 is 0 Å². The Bertz CT molecular complexity index is 835. The molecule has 0 saturated heterocycles. The molecule has 0 aliphatic carbocycles. The van der Waals surface area contributed by atoms with Crippen molar-refractivity contribution in [3.05, 3.63) is 35.7 Å². The lowest BCUT2D eigenvalue weighted by Gasteiger charge is -2.07. The monoisotopic (exact) mass is 301 g/mol. The van der Waals surface area contributed by atoms with Gasteiger partial charge in [-0.25, -0.2) is 0 Å². The van der Waals surface area contributed by atoms with Crippen molar-refractivity contribution in [2.75, 3.05) is 19.5 Å². The van der Waals surface area contributed by atoms with E-state index in [2.05, 4.69) is 15.5 Å². The van der Waals surface area contributed by atoms with Crippen LogP contribution in [0.1, 0.15) is 16.1 Å². The van der Waals surface area contributed by atoms with E-state index < -0.39 is 0 Å². The van der Waals surface area contributed by atoms with Crippen LogP contribution in [0.5, 0.6) is 11.5 Å². The first-order valence-electron chi connectivity index (χ1n) is 6.60. The molecule has 7 heteroatoms. The van der Waals surface area contributed by atoms with Crippen molar-refractivity contribution in [1.29, 1.82) is 0 Å². The van der Waals surface area contributed by atoms with Crippen molar-refractivity contribution in [3.63, 3.8) is 0 Å². The van der Waals surface area contributed by atoms with Crippen molar-refractivity contribution in [1.82, 2.24) is 10.1 Å². The number of methoxy groups -OCH3 is 2. The molecule has 0 unspecified atom stereocenters. The van der Waals surface area contributed by atoms with Crippen LogP contribution >= 0.6 is 0 Å². The fraction of sp³-hybridized carbons (Fsp3) is 0.200. The van der Waals surface area contributed by atoms with Crippen molar-refractivity contribution < 1.29 is 18.8 Å². The molecule has 0 aliphatic rings. The summed E-state index contributed by atoms with van der Waals surface area (Å²) in [6, 6.07) is 5.19. The lowest BCUT2D eigenvalue weighted by atomic mass is 10.1. The minimum atomic E-state index is -0.285. The van der Waals surface area contributed by atoms with Gasteiger partial charge in [0.25, 0.3) is 5.91 Å². The summed E-state index contributed by atoms with van der Waals surface area (Å²) < 4.78 is 15.4. The second-order valence-electron chi connectivity index (χ2n) is 4.73. The zero-order chi connectivity index (χ0) is 15.7. The first-order chi connectivity index (χ1) is 10.6. The number of nitrogens with zero attached hydrogens (tertiary/aromatic N) is 1. The number of amides is 1. The number of rotatable bonds is 4. The molecule has 3 aromatic rings. The lowest BCUT2D eigenvalue weighted by Crippen LogP contribution is -2.11. The molecule has 0 radical (unpaired) electrons. The SMILES string of the molecule is COc1cc2[nH]cc(C(=O)Nc3cc(C)on3)c2cc1OC. The highest BCUT2D eigenvalue weighted by Crippen LogP contribution is 2.33. The highest BCUT2D eigenvalue weighted by molar-refractivity contribution is 6.12. The van der Waals surface area contributed by atoms with E-state index in [0.29, 0.717) is 28.6 Å². The number of aryl methyl sites for hydroxylation is 1. The van der Waals surface area contributed by atoms with Crippen LogP contribution in [0.3, 0.4) is 0 Å². The summed E-state index contributed by atoms with van der Waals surface area (Å²) in [5.41, 5.74) is 1.26. The Morgan fingerprint density at radius 3 is 2.59 bits per heavy atom. The molecule has 2 aromatic heterocycles. The van der Waals surface area contributed by atoms with Gasteiger partial charge in [0.1, 0.15) is 5.76 Å². The number of aromatic amines is 1. The summed E-state index contributed by atoms with van der Waals surface area (Å²) in [6.45, 7) is 1.76. The molecular weight excluding hydrogens is 286 g/mol. The molecule has 0 atom stereocenters. The maximum atomic E-state index is 12.4. The van der Waals surface area contributed by atoms with E-state index in [9.17, 15) is 4.79 Å². The van der Waals surface area contributed by atoms with E-state index in [1.807, 2.05) is 0 Å². The molecule has 0 spiro atoms. The third-order valence-corrected chi connectivity index (χ3v) is 3.30. The zero-order valence-corrected chi connectivity index (χ0v) is 12.4. The molecule has 1 aromatic carbocycles. The van der Waals surface area contributed by atoms with Gasteiger partial charge in [0.15, 0.2) is 17.3 Å². The maximum Gasteiger partial charge on any atom is 0.259 e. The summed E-state index contributed by atoms with van der Waals surface area (Å²) in [5, 5.41) is 7.16. The number of aromatic nitrogens is 2. The topological polar surface area (TPSA) is 89.4 Å². The number of hydrogen-bond acceptors (Lipinski definition) is 5. The Morgan fingerprint density at radius 1 is 1.23 bits per heavy atom. The van der Waals surface area contributed by atoms with Crippen LogP contribution in [0.15, 0.2) is 28.9 Å². The summed E-state index contributed by atoms with van der Waals surface area (Å²) in [5.74, 6) is 1.86. The molecule has 22 heavy (non-hydrogen) atoms. The van der Waals surface area contributed by atoms with Crippen molar-refractivity contribution in [2.45, 2.75) is 6.92 Å². The van der Waals surface area contributed by atoms with E-state index in [1.54, 1.807) is 45.5 Å². The summed E-state index contributed by atoms with van der Waals surface area (Å²) in [7, 11) is 3.11.